The minimum atomic E-state index is -0.627. The number of rotatable bonds is 7. The van der Waals surface area contributed by atoms with Crippen LogP contribution in [-0.4, -0.2) is 46.5 Å². The zero-order chi connectivity index (χ0) is 21.9. The largest absolute Gasteiger partial charge is 0.472 e. The number of hydrogen-bond acceptors (Lipinski definition) is 4. The Morgan fingerprint density at radius 3 is 2.47 bits per heavy atom. The summed E-state index contributed by atoms with van der Waals surface area (Å²) in [5.41, 5.74) is 3.49. The molecule has 0 aliphatic carbocycles. The van der Waals surface area contributed by atoms with Gasteiger partial charge in [0.1, 0.15) is 11.9 Å². The highest BCUT2D eigenvalue weighted by atomic mass is 16.5. The van der Waals surface area contributed by atoms with Crippen LogP contribution in [0.3, 0.4) is 0 Å². The first kappa shape index (κ1) is 21.0. The standard InChI is InChI=1S/C27H31N3O2/c1-19(31)27(28-21-14-16-30(17-15-21)18-20-8-3-2-4-9-20)32-25-13-7-12-24-26(25)22-10-5-6-11-23(22)29-24/h2-13,19,21,27-29,31H,14-18H2,1H3. The highest BCUT2D eigenvalue weighted by molar-refractivity contribution is 6.10. The number of aliphatic hydroxyl groups is 1. The lowest BCUT2D eigenvalue weighted by atomic mass is 10.0. The van der Waals surface area contributed by atoms with Crippen molar-refractivity contribution in [2.24, 2.45) is 0 Å². The predicted octanol–water partition coefficient (Wildman–Crippen LogP) is 4.66. The predicted molar refractivity (Wildman–Crippen MR) is 130 cm³/mol. The molecule has 32 heavy (non-hydrogen) atoms. The van der Waals surface area contributed by atoms with Crippen LogP contribution in [0.15, 0.2) is 72.8 Å². The summed E-state index contributed by atoms with van der Waals surface area (Å²) in [7, 11) is 0. The quantitative estimate of drug-likeness (QED) is 0.374. The van der Waals surface area contributed by atoms with Crippen LogP contribution in [-0.2, 0) is 6.54 Å². The number of benzene rings is 3. The smallest absolute Gasteiger partial charge is 0.176 e. The third-order valence-electron chi connectivity index (χ3n) is 6.42. The number of fused-ring (bicyclic) bond motifs is 3. The molecule has 2 unspecified atom stereocenters. The van der Waals surface area contributed by atoms with Crippen molar-refractivity contribution in [2.45, 2.75) is 44.7 Å². The van der Waals surface area contributed by atoms with Gasteiger partial charge in [-0.2, -0.15) is 0 Å². The number of para-hydroxylation sites is 1. The first-order valence-electron chi connectivity index (χ1n) is 11.5. The molecule has 1 aliphatic heterocycles. The molecule has 2 atom stereocenters. The molecule has 3 aromatic carbocycles. The maximum Gasteiger partial charge on any atom is 0.176 e. The van der Waals surface area contributed by atoms with Gasteiger partial charge in [0.25, 0.3) is 0 Å². The van der Waals surface area contributed by atoms with Crippen molar-refractivity contribution >= 4 is 21.8 Å². The van der Waals surface area contributed by atoms with E-state index in [1.165, 1.54) is 5.56 Å². The van der Waals surface area contributed by atoms with Crippen LogP contribution < -0.4 is 10.1 Å². The summed E-state index contributed by atoms with van der Waals surface area (Å²) in [5, 5.41) is 16.3. The maximum absolute atomic E-state index is 10.5. The average molecular weight is 430 g/mol. The molecule has 3 N–H and O–H groups in total. The second kappa shape index (κ2) is 9.33. The van der Waals surface area contributed by atoms with Gasteiger partial charge in [0, 0.05) is 28.9 Å². The van der Waals surface area contributed by atoms with Gasteiger partial charge in [0.2, 0.25) is 0 Å². The Hall–Kier alpha value is -2.86. The lowest BCUT2D eigenvalue weighted by Crippen LogP contribution is -2.51. The van der Waals surface area contributed by atoms with Gasteiger partial charge in [0.15, 0.2) is 6.23 Å². The van der Waals surface area contributed by atoms with Crippen LogP contribution in [0, 0.1) is 0 Å². The SMILES string of the molecule is CC(O)C(NC1CCN(Cc2ccccc2)CC1)Oc1cccc2[nH]c3ccccc3c12. The van der Waals surface area contributed by atoms with Crippen LogP contribution in [0.25, 0.3) is 21.8 Å². The Morgan fingerprint density at radius 1 is 0.969 bits per heavy atom. The number of nitrogens with zero attached hydrogens (tertiary/aromatic N) is 1. The summed E-state index contributed by atoms with van der Waals surface area (Å²) in [6, 6.07) is 25.3. The number of likely N-dealkylation sites (tertiary alicyclic amines) is 1. The number of H-pyrrole nitrogens is 1. The van der Waals surface area contributed by atoms with Gasteiger partial charge in [0.05, 0.1) is 5.52 Å². The van der Waals surface area contributed by atoms with E-state index in [1.54, 1.807) is 6.92 Å². The number of nitrogens with one attached hydrogen (secondary N) is 2. The lowest BCUT2D eigenvalue weighted by molar-refractivity contribution is 0.0133. The summed E-state index contributed by atoms with van der Waals surface area (Å²) >= 11 is 0. The molecule has 1 aliphatic rings. The molecule has 0 spiro atoms. The second-order valence-corrected chi connectivity index (χ2v) is 8.83. The molecular weight excluding hydrogens is 398 g/mol. The Kier molecular flexibility index (Phi) is 6.12. The van der Waals surface area contributed by atoms with E-state index < -0.39 is 12.3 Å². The van der Waals surface area contributed by atoms with Crippen molar-refractivity contribution in [2.75, 3.05) is 13.1 Å². The van der Waals surface area contributed by atoms with Crippen molar-refractivity contribution < 1.29 is 9.84 Å². The fourth-order valence-electron chi connectivity index (χ4n) is 4.71. The molecule has 2 heterocycles. The first-order chi connectivity index (χ1) is 15.7. The van der Waals surface area contributed by atoms with Crippen LogP contribution in [0.5, 0.6) is 5.75 Å². The van der Waals surface area contributed by atoms with E-state index in [2.05, 4.69) is 63.7 Å². The average Bonchev–Trinajstić information content (AvgIpc) is 3.20. The van der Waals surface area contributed by atoms with E-state index in [1.807, 2.05) is 24.3 Å². The highest BCUT2D eigenvalue weighted by Gasteiger charge is 2.26. The number of aliphatic hydroxyl groups excluding tert-OH is 1. The van der Waals surface area contributed by atoms with E-state index in [4.69, 9.17) is 4.74 Å². The minimum Gasteiger partial charge on any atom is -0.472 e. The zero-order valence-corrected chi connectivity index (χ0v) is 18.5. The number of piperidine rings is 1. The molecule has 0 bridgehead atoms. The molecule has 5 nitrogen and oxygen atoms in total. The van der Waals surface area contributed by atoms with Crippen molar-refractivity contribution in [3.8, 4) is 5.75 Å². The molecular formula is C27H31N3O2. The zero-order valence-electron chi connectivity index (χ0n) is 18.5. The first-order valence-corrected chi connectivity index (χ1v) is 11.5. The molecule has 1 saturated heterocycles. The molecule has 1 aromatic heterocycles. The summed E-state index contributed by atoms with van der Waals surface area (Å²) < 4.78 is 6.39. The van der Waals surface area contributed by atoms with Gasteiger partial charge >= 0.3 is 0 Å². The number of ether oxygens (including phenoxy) is 1. The molecule has 0 amide bonds. The normalized spacial score (nSPS) is 17.6. The Labute approximate surface area is 189 Å². The van der Waals surface area contributed by atoms with E-state index in [-0.39, 0.29) is 0 Å². The van der Waals surface area contributed by atoms with Gasteiger partial charge in [-0.1, -0.05) is 54.6 Å². The van der Waals surface area contributed by atoms with Crippen molar-refractivity contribution in [1.29, 1.82) is 0 Å². The molecule has 166 valence electrons. The fourth-order valence-corrected chi connectivity index (χ4v) is 4.71. The van der Waals surface area contributed by atoms with E-state index in [0.29, 0.717) is 6.04 Å². The monoisotopic (exact) mass is 429 g/mol. The molecule has 1 fully saturated rings. The topological polar surface area (TPSA) is 60.5 Å². The Morgan fingerprint density at radius 2 is 1.69 bits per heavy atom. The number of aromatic nitrogens is 1. The third-order valence-corrected chi connectivity index (χ3v) is 6.42. The molecule has 4 aromatic rings. The van der Waals surface area contributed by atoms with Crippen LogP contribution in [0.4, 0.5) is 0 Å². The van der Waals surface area contributed by atoms with Gasteiger partial charge in [-0.15, -0.1) is 0 Å². The van der Waals surface area contributed by atoms with Gasteiger partial charge in [-0.05, 0) is 56.6 Å². The Bertz CT molecular complexity index is 1160. The van der Waals surface area contributed by atoms with Crippen LogP contribution >= 0.6 is 0 Å². The molecule has 5 heteroatoms. The fraction of sp³-hybridized carbons (Fsp3) is 0.333. The molecule has 5 rings (SSSR count). The van der Waals surface area contributed by atoms with Gasteiger partial charge in [-0.3, -0.25) is 10.2 Å². The second-order valence-electron chi connectivity index (χ2n) is 8.83. The minimum absolute atomic E-state index is 0.323. The Balaban J connectivity index is 1.26. The van der Waals surface area contributed by atoms with E-state index in [0.717, 1.165) is 60.0 Å². The summed E-state index contributed by atoms with van der Waals surface area (Å²) in [4.78, 5) is 5.96. The number of hydrogen-bond donors (Lipinski definition) is 3. The number of aromatic amines is 1. The third kappa shape index (κ3) is 4.51. The van der Waals surface area contributed by atoms with Gasteiger partial charge in [-0.25, -0.2) is 0 Å². The van der Waals surface area contributed by atoms with Crippen LogP contribution in [0.2, 0.25) is 0 Å². The molecule has 0 radical (unpaired) electrons. The van der Waals surface area contributed by atoms with Crippen molar-refractivity contribution in [3.63, 3.8) is 0 Å². The van der Waals surface area contributed by atoms with Crippen LogP contribution in [0.1, 0.15) is 25.3 Å². The summed E-state index contributed by atoms with van der Waals surface area (Å²) in [6.07, 6.45) is 0.991. The van der Waals surface area contributed by atoms with Crippen molar-refractivity contribution in [3.05, 3.63) is 78.4 Å². The van der Waals surface area contributed by atoms with E-state index in [9.17, 15) is 5.11 Å². The lowest BCUT2D eigenvalue weighted by Gasteiger charge is -2.35. The summed E-state index contributed by atoms with van der Waals surface area (Å²) in [6.45, 7) is 4.86. The van der Waals surface area contributed by atoms with E-state index >= 15 is 0 Å². The van der Waals surface area contributed by atoms with Crippen molar-refractivity contribution in [1.82, 2.24) is 15.2 Å². The van der Waals surface area contributed by atoms with Gasteiger partial charge < -0.3 is 14.8 Å². The molecule has 0 saturated carbocycles. The highest BCUT2D eigenvalue weighted by Crippen LogP contribution is 2.33. The maximum atomic E-state index is 10.5. The summed E-state index contributed by atoms with van der Waals surface area (Å²) in [5.74, 6) is 0.792.